The van der Waals surface area contributed by atoms with Crippen LogP contribution in [0, 0.1) is 0 Å². The summed E-state index contributed by atoms with van der Waals surface area (Å²) in [4.78, 5) is 11.9. The molecule has 0 fully saturated rings. The molecule has 0 saturated heterocycles. The van der Waals surface area contributed by atoms with Crippen LogP contribution >= 0.6 is 11.6 Å². The number of hydrogen-bond acceptors (Lipinski definition) is 2. The number of ether oxygens (including phenoxy) is 1. The van der Waals surface area contributed by atoms with Crippen LogP contribution in [0.3, 0.4) is 0 Å². The molecule has 2 aromatic rings. The Morgan fingerprint density at radius 1 is 1.00 bits per heavy atom. The molecular weight excluding hydrogens is 276 g/mol. The highest BCUT2D eigenvalue weighted by atomic mass is 35.5. The lowest BCUT2D eigenvalue weighted by molar-refractivity contribution is 0.0735. The summed E-state index contributed by atoms with van der Waals surface area (Å²) in [5, 5.41) is 1.95. The molecule has 4 heteroatoms. The van der Waals surface area contributed by atoms with Gasteiger partial charge in [0.25, 0.3) is 0 Å². The summed E-state index contributed by atoms with van der Waals surface area (Å²) in [5.74, 6) is 0.149. The lowest BCUT2D eigenvalue weighted by Gasteiger charge is -2.06. The summed E-state index contributed by atoms with van der Waals surface area (Å²) in [7, 11) is -0.822. The Balaban J connectivity index is 2.09. The summed E-state index contributed by atoms with van der Waals surface area (Å²) in [6.07, 6.45) is 0. The van der Waals surface area contributed by atoms with Crippen LogP contribution in [0.4, 0.5) is 0 Å². The molecule has 0 heterocycles. The van der Waals surface area contributed by atoms with Gasteiger partial charge in [-0.15, -0.1) is 0 Å². The number of carbonyl (C=O) groups is 1. The van der Waals surface area contributed by atoms with Gasteiger partial charge in [-0.25, -0.2) is 4.79 Å². The molecule has 0 bridgehead atoms. The Kier molecular flexibility index (Phi) is 4.40. The second-order valence-electron chi connectivity index (χ2n) is 4.62. The van der Waals surface area contributed by atoms with Crippen molar-refractivity contribution in [3.63, 3.8) is 0 Å². The maximum atomic E-state index is 11.9. The highest BCUT2D eigenvalue weighted by Crippen LogP contribution is 2.16. The van der Waals surface area contributed by atoms with Gasteiger partial charge in [-0.05, 0) is 36.4 Å². The molecular formula is C15H15ClO2Si. The fraction of sp³-hybridized carbons (Fsp3) is 0.133. The van der Waals surface area contributed by atoms with Crippen LogP contribution in [-0.2, 0) is 0 Å². The summed E-state index contributed by atoms with van der Waals surface area (Å²) < 4.78 is 5.27. The molecule has 2 aromatic carbocycles. The van der Waals surface area contributed by atoms with E-state index in [0.717, 1.165) is 0 Å². The molecule has 0 unspecified atom stereocenters. The Hall–Kier alpha value is -1.58. The maximum absolute atomic E-state index is 11.9. The van der Waals surface area contributed by atoms with Gasteiger partial charge in [0.2, 0.25) is 0 Å². The predicted octanol–water partition coefficient (Wildman–Crippen LogP) is 3.25. The molecule has 0 spiro atoms. The van der Waals surface area contributed by atoms with Gasteiger partial charge in [0.1, 0.15) is 5.75 Å². The van der Waals surface area contributed by atoms with E-state index in [1.807, 2.05) is 24.3 Å². The zero-order chi connectivity index (χ0) is 13.8. The minimum atomic E-state index is -0.822. The molecule has 2 rings (SSSR count). The Labute approximate surface area is 119 Å². The third-order valence-electron chi connectivity index (χ3n) is 2.84. The molecule has 0 aliphatic rings. The van der Waals surface area contributed by atoms with E-state index in [1.54, 1.807) is 24.3 Å². The van der Waals surface area contributed by atoms with Crippen molar-refractivity contribution < 1.29 is 9.53 Å². The zero-order valence-corrected chi connectivity index (χ0v) is 12.8. The van der Waals surface area contributed by atoms with Crippen molar-refractivity contribution in [3.8, 4) is 5.75 Å². The number of esters is 1. The summed E-state index contributed by atoms with van der Waals surface area (Å²) in [5.41, 5.74) is 0.563. The highest BCUT2D eigenvalue weighted by Gasteiger charge is 2.09. The average molecular weight is 291 g/mol. The van der Waals surface area contributed by atoms with E-state index in [1.165, 1.54) is 5.19 Å². The van der Waals surface area contributed by atoms with Gasteiger partial charge in [0, 0.05) is 5.02 Å². The Morgan fingerprint density at radius 3 is 2.11 bits per heavy atom. The lowest BCUT2D eigenvalue weighted by Crippen LogP contribution is -2.22. The van der Waals surface area contributed by atoms with Crippen molar-refractivity contribution >= 4 is 31.6 Å². The molecule has 2 nitrogen and oxygen atoms in total. The Morgan fingerprint density at radius 2 is 1.58 bits per heavy atom. The van der Waals surface area contributed by atoms with Crippen LogP contribution < -0.4 is 9.92 Å². The highest BCUT2D eigenvalue weighted by molar-refractivity contribution is 6.70. The topological polar surface area (TPSA) is 26.3 Å². The second-order valence-corrected chi connectivity index (χ2v) is 8.03. The molecule has 0 aromatic heterocycles. The van der Waals surface area contributed by atoms with Crippen LogP contribution in [-0.4, -0.2) is 14.8 Å². The lowest BCUT2D eigenvalue weighted by atomic mass is 10.2. The van der Waals surface area contributed by atoms with Crippen LogP contribution in [0.15, 0.2) is 48.5 Å². The van der Waals surface area contributed by atoms with E-state index < -0.39 is 8.80 Å². The molecule has 0 amide bonds. The van der Waals surface area contributed by atoms with E-state index in [0.29, 0.717) is 16.3 Å². The van der Waals surface area contributed by atoms with Crippen LogP contribution in [0.1, 0.15) is 10.4 Å². The summed E-state index contributed by atoms with van der Waals surface area (Å²) in [6.45, 7) is 4.50. The quantitative estimate of drug-likeness (QED) is 0.493. The van der Waals surface area contributed by atoms with E-state index >= 15 is 0 Å². The standard InChI is InChI=1S/C15H15ClO2Si/c1-19(2)14-9-3-11(4-10-14)15(17)18-13-7-5-12(16)6-8-13/h3-10,19H,1-2H3. The van der Waals surface area contributed by atoms with E-state index in [2.05, 4.69) is 13.1 Å². The van der Waals surface area contributed by atoms with Crippen molar-refractivity contribution in [1.82, 2.24) is 0 Å². The molecule has 19 heavy (non-hydrogen) atoms. The average Bonchev–Trinajstić information content (AvgIpc) is 2.41. The molecule has 0 saturated carbocycles. The normalized spacial score (nSPS) is 10.5. The SMILES string of the molecule is C[SiH](C)c1ccc(C(=O)Oc2ccc(Cl)cc2)cc1. The molecule has 0 N–H and O–H groups in total. The summed E-state index contributed by atoms with van der Waals surface area (Å²) in [6, 6.07) is 14.4. The second kappa shape index (κ2) is 6.04. The zero-order valence-electron chi connectivity index (χ0n) is 10.9. The van der Waals surface area contributed by atoms with Crippen molar-refractivity contribution in [1.29, 1.82) is 0 Å². The van der Waals surface area contributed by atoms with Crippen molar-refractivity contribution in [2.24, 2.45) is 0 Å². The van der Waals surface area contributed by atoms with E-state index in [-0.39, 0.29) is 5.97 Å². The fourth-order valence-corrected chi connectivity index (χ4v) is 2.76. The van der Waals surface area contributed by atoms with Crippen molar-refractivity contribution in [3.05, 3.63) is 59.1 Å². The number of halogens is 1. The van der Waals surface area contributed by atoms with Gasteiger partial charge in [-0.1, -0.05) is 42.0 Å². The van der Waals surface area contributed by atoms with Crippen molar-refractivity contribution in [2.45, 2.75) is 13.1 Å². The third kappa shape index (κ3) is 3.69. The van der Waals surface area contributed by atoms with Crippen molar-refractivity contribution in [2.75, 3.05) is 0 Å². The van der Waals surface area contributed by atoms with Gasteiger partial charge in [-0.3, -0.25) is 0 Å². The smallest absolute Gasteiger partial charge is 0.343 e. The number of benzene rings is 2. The fourth-order valence-electron chi connectivity index (χ4n) is 1.67. The number of hydrogen-bond donors (Lipinski definition) is 0. The molecule has 0 radical (unpaired) electrons. The minimum absolute atomic E-state index is 0.348. The first-order chi connectivity index (χ1) is 9.06. The molecule has 98 valence electrons. The summed E-state index contributed by atoms with van der Waals surface area (Å²) >= 11 is 5.78. The first kappa shape index (κ1) is 13.8. The predicted molar refractivity (Wildman–Crippen MR) is 81.4 cm³/mol. The minimum Gasteiger partial charge on any atom is -0.423 e. The van der Waals surface area contributed by atoms with Gasteiger partial charge in [0.15, 0.2) is 0 Å². The maximum Gasteiger partial charge on any atom is 0.343 e. The first-order valence-corrected chi connectivity index (χ1v) is 9.40. The van der Waals surface area contributed by atoms with Crippen LogP contribution in [0.2, 0.25) is 18.1 Å². The monoisotopic (exact) mass is 290 g/mol. The third-order valence-corrected chi connectivity index (χ3v) is 4.81. The molecule has 0 aliphatic carbocycles. The Bertz CT molecular complexity index is 562. The number of carbonyl (C=O) groups excluding carboxylic acids is 1. The van der Waals surface area contributed by atoms with Gasteiger partial charge < -0.3 is 4.74 Å². The van der Waals surface area contributed by atoms with Gasteiger partial charge in [0.05, 0.1) is 14.4 Å². The van der Waals surface area contributed by atoms with Gasteiger partial charge >= 0.3 is 5.97 Å². The number of rotatable bonds is 3. The molecule has 0 aliphatic heterocycles. The van der Waals surface area contributed by atoms with Gasteiger partial charge in [-0.2, -0.15) is 0 Å². The van der Waals surface area contributed by atoms with Crippen LogP contribution in [0.5, 0.6) is 5.75 Å². The van der Waals surface area contributed by atoms with Crippen LogP contribution in [0.25, 0.3) is 0 Å². The first-order valence-electron chi connectivity index (χ1n) is 6.14. The largest absolute Gasteiger partial charge is 0.423 e. The van der Waals surface area contributed by atoms with E-state index in [9.17, 15) is 4.79 Å². The van der Waals surface area contributed by atoms with E-state index in [4.69, 9.17) is 16.3 Å². The molecule has 0 atom stereocenters.